The number of rotatable bonds is 3. The van der Waals surface area contributed by atoms with Gasteiger partial charge < -0.3 is 9.47 Å². The van der Waals surface area contributed by atoms with Crippen LogP contribution in [-0.2, 0) is 18.4 Å². The van der Waals surface area contributed by atoms with Gasteiger partial charge in [0.25, 0.3) is 0 Å². The molecule has 6 heteroatoms. The van der Waals surface area contributed by atoms with Crippen molar-refractivity contribution in [1.82, 2.24) is 14.5 Å². The molecule has 1 unspecified atom stereocenters. The maximum atomic E-state index is 12.9. The molecule has 1 atom stereocenters. The quantitative estimate of drug-likeness (QED) is 0.871. The van der Waals surface area contributed by atoms with Crippen LogP contribution in [0.5, 0.6) is 0 Å². The second-order valence-corrected chi connectivity index (χ2v) is 7.16. The number of nitrogens with zero attached hydrogens (tertiary/aromatic N) is 4. The monoisotopic (exact) mass is 316 g/mol. The predicted octanol–water partition coefficient (Wildman–Crippen LogP) is 2.11. The minimum absolute atomic E-state index is 0.174. The van der Waals surface area contributed by atoms with Crippen molar-refractivity contribution < 1.29 is 4.79 Å². The summed E-state index contributed by atoms with van der Waals surface area (Å²) in [7, 11) is 2.02. The highest BCUT2D eigenvalue weighted by atomic mass is 32.1. The molecule has 4 heterocycles. The Bertz CT molecular complexity index is 680. The van der Waals surface area contributed by atoms with Gasteiger partial charge in [0.05, 0.1) is 17.6 Å². The Morgan fingerprint density at radius 1 is 1.36 bits per heavy atom. The average Bonchev–Trinajstić information content (AvgIpc) is 3.25. The standard InChI is InChI=1S/C16H20N4OS/c1-18-8-5-17-14(18)10-19-6-3-16(12-19)4-7-20(15(16)21)13-2-9-22-11-13/h2,5,8-9,11H,3-4,6-7,10,12H2,1H3. The Labute approximate surface area is 134 Å². The Hall–Kier alpha value is -1.66. The van der Waals surface area contributed by atoms with Crippen LogP contribution in [0.25, 0.3) is 0 Å². The molecule has 1 spiro atoms. The molecular formula is C16H20N4OS. The van der Waals surface area contributed by atoms with Crippen molar-refractivity contribution in [1.29, 1.82) is 0 Å². The molecule has 2 aromatic rings. The van der Waals surface area contributed by atoms with Gasteiger partial charge in [0, 0.05) is 37.9 Å². The van der Waals surface area contributed by atoms with Crippen molar-refractivity contribution in [2.24, 2.45) is 12.5 Å². The van der Waals surface area contributed by atoms with Gasteiger partial charge in [-0.05, 0) is 30.8 Å². The van der Waals surface area contributed by atoms with E-state index < -0.39 is 0 Å². The molecule has 0 radical (unpaired) electrons. The third-order valence-electron chi connectivity index (χ3n) is 5.05. The van der Waals surface area contributed by atoms with E-state index in [-0.39, 0.29) is 5.41 Å². The van der Waals surface area contributed by atoms with Crippen molar-refractivity contribution in [3.63, 3.8) is 0 Å². The van der Waals surface area contributed by atoms with Crippen molar-refractivity contribution >= 4 is 22.9 Å². The Morgan fingerprint density at radius 2 is 2.23 bits per heavy atom. The lowest BCUT2D eigenvalue weighted by atomic mass is 9.85. The molecule has 22 heavy (non-hydrogen) atoms. The first kappa shape index (κ1) is 14.0. The van der Waals surface area contributed by atoms with Crippen LogP contribution in [0.1, 0.15) is 18.7 Å². The molecule has 4 rings (SSSR count). The molecule has 2 saturated heterocycles. The van der Waals surface area contributed by atoms with Gasteiger partial charge in [0.15, 0.2) is 0 Å². The zero-order chi connectivity index (χ0) is 15.2. The molecule has 2 fully saturated rings. The van der Waals surface area contributed by atoms with Gasteiger partial charge in [-0.1, -0.05) is 0 Å². The molecule has 0 bridgehead atoms. The van der Waals surface area contributed by atoms with Gasteiger partial charge in [-0.15, -0.1) is 0 Å². The normalized spacial score (nSPS) is 25.7. The van der Waals surface area contributed by atoms with Crippen LogP contribution in [0.3, 0.4) is 0 Å². The summed E-state index contributed by atoms with van der Waals surface area (Å²) in [6, 6.07) is 2.04. The van der Waals surface area contributed by atoms with Crippen LogP contribution in [0.2, 0.25) is 0 Å². The lowest BCUT2D eigenvalue weighted by Gasteiger charge is -2.23. The third kappa shape index (κ3) is 2.18. The van der Waals surface area contributed by atoms with Crippen LogP contribution in [0.15, 0.2) is 29.2 Å². The molecule has 2 aromatic heterocycles. The lowest BCUT2D eigenvalue weighted by Crippen LogP contribution is -2.36. The fourth-order valence-electron chi connectivity index (χ4n) is 3.70. The Balaban J connectivity index is 1.48. The second-order valence-electron chi connectivity index (χ2n) is 6.38. The summed E-state index contributed by atoms with van der Waals surface area (Å²) >= 11 is 1.65. The number of aryl methyl sites for hydroxylation is 1. The molecule has 0 aromatic carbocycles. The Morgan fingerprint density at radius 3 is 2.95 bits per heavy atom. The van der Waals surface area contributed by atoms with Gasteiger partial charge in [0.1, 0.15) is 5.82 Å². The summed E-state index contributed by atoms with van der Waals surface area (Å²) in [4.78, 5) is 21.7. The highest BCUT2D eigenvalue weighted by Gasteiger charge is 2.51. The molecule has 2 aliphatic heterocycles. The van der Waals surface area contributed by atoms with Gasteiger partial charge in [-0.3, -0.25) is 9.69 Å². The zero-order valence-corrected chi connectivity index (χ0v) is 13.6. The van der Waals surface area contributed by atoms with Crippen LogP contribution in [0.4, 0.5) is 5.69 Å². The van der Waals surface area contributed by atoms with Gasteiger partial charge >= 0.3 is 0 Å². The number of thiophene rings is 1. The van der Waals surface area contributed by atoms with Crippen LogP contribution in [0, 0.1) is 5.41 Å². The molecule has 1 amide bonds. The number of aromatic nitrogens is 2. The number of likely N-dealkylation sites (tertiary alicyclic amines) is 1. The van der Waals surface area contributed by atoms with E-state index in [9.17, 15) is 4.79 Å². The molecule has 0 aliphatic carbocycles. The number of carbonyl (C=O) groups excluding carboxylic acids is 1. The molecule has 2 aliphatic rings. The highest BCUT2D eigenvalue weighted by molar-refractivity contribution is 7.08. The number of amides is 1. The largest absolute Gasteiger partial charge is 0.337 e. The molecule has 0 N–H and O–H groups in total. The molecular weight excluding hydrogens is 296 g/mol. The summed E-state index contributed by atoms with van der Waals surface area (Å²) in [5.74, 6) is 1.38. The molecule has 0 saturated carbocycles. The maximum Gasteiger partial charge on any atom is 0.234 e. The van der Waals surface area contributed by atoms with Crippen molar-refractivity contribution in [3.8, 4) is 0 Å². The van der Waals surface area contributed by atoms with E-state index in [0.717, 1.165) is 50.5 Å². The number of hydrogen-bond acceptors (Lipinski definition) is 4. The summed E-state index contributed by atoms with van der Waals surface area (Å²) in [6.45, 7) is 3.53. The van der Waals surface area contributed by atoms with E-state index in [1.807, 2.05) is 35.8 Å². The second kappa shape index (κ2) is 5.21. The number of hydrogen-bond donors (Lipinski definition) is 0. The molecule has 5 nitrogen and oxygen atoms in total. The SMILES string of the molecule is Cn1ccnc1CN1CCC2(CCN(c3ccsc3)C2=O)C1. The minimum atomic E-state index is -0.174. The summed E-state index contributed by atoms with van der Waals surface area (Å²) < 4.78 is 2.05. The van der Waals surface area contributed by atoms with Gasteiger partial charge in [0.2, 0.25) is 5.91 Å². The predicted molar refractivity (Wildman–Crippen MR) is 86.8 cm³/mol. The van der Waals surface area contributed by atoms with Crippen molar-refractivity contribution in [2.75, 3.05) is 24.5 Å². The van der Waals surface area contributed by atoms with Gasteiger partial charge in [-0.25, -0.2) is 4.98 Å². The topological polar surface area (TPSA) is 41.4 Å². The van der Waals surface area contributed by atoms with E-state index in [1.54, 1.807) is 11.3 Å². The first-order valence-corrected chi connectivity index (χ1v) is 8.65. The minimum Gasteiger partial charge on any atom is -0.337 e. The number of imidazole rings is 1. The fraction of sp³-hybridized carbons (Fsp3) is 0.500. The zero-order valence-electron chi connectivity index (χ0n) is 12.7. The molecule has 116 valence electrons. The average molecular weight is 316 g/mol. The number of carbonyl (C=O) groups is 1. The van der Waals surface area contributed by atoms with E-state index in [4.69, 9.17) is 0 Å². The van der Waals surface area contributed by atoms with Crippen molar-refractivity contribution in [3.05, 3.63) is 35.0 Å². The smallest absolute Gasteiger partial charge is 0.234 e. The first-order valence-electron chi connectivity index (χ1n) is 7.71. The van der Waals surface area contributed by atoms with E-state index in [0.29, 0.717) is 5.91 Å². The van der Waals surface area contributed by atoms with Crippen LogP contribution in [-0.4, -0.2) is 40.0 Å². The summed E-state index contributed by atoms with van der Waals surface area (Å²) in [5.41, 5.74) is 0.891. The van der Waals surface area contributed by atoms with Crippen LogP contribution < -0.4 is 4.90 Å². The number of anilines is 1. The van der Waals surface area contributed by atoms with E-state index >= 15 is 0 Å². The fourth-order valence-corrected chi connectivity index (χ4v) is 4.34. The summed E-state index contributed by atoms with van der Waals surface area (Å²) in [6.07, 6.45) is 5.75. The Kier molecular flexibility index (Phi) is 3.31. The van der Waals surface area contributed by atoms with Crippen molar-refractivity contribution in [2.45, 2.75) is 19.4 Å². The highest BCUT2D eigenvalue weighted by Crippen LogP contribution is 2.42. The lowest BCUT2D eigenvalue weighted by molar-refractivity contribution is -0.125. The third-order valence-corrected chi connectivity index (χ3v) is 5.72. The van der Waals surface area contributed by atoms with E-state index in [2.05, 4.69) is 19.8 Å². The summed E-state index contributed by atoms with van der Waals surface area (Å²) in [5, 5.41) is 4.10. The maximum absolute atomic E-state index is 12.9. The first-order chi connectivity index (χ1) is 10.7. The van der Waals surface area contributed by atoms with Crippen LogP contribution >= 0.6 is 11.3 Å². The van der Waals surface area contributed by atoms with E-state index in [1.165, 1.54) is 0 Å². The van der Waals surface area contributed by atoms with Gasteiger partial charge in [-0.2, -0.15) is 11.3 Å².